The van der Waals surface area contributed by atoms with Crippen molar-refractivity contribution in [1.29, 1.82) is 0 Å². The molecule has 0 N–H and O–H groups in total. The first-order valence-corrected chi connectivity index (χ1v) is 6.29. The summed E-state index contributed by atoms with van der Waals surface area (Å²) in [6, 6.07) is 0. The molecule has 0 aliphatic carbocycles. The Labute approximate surface area is 92.5 Å². The van der Waals surface area contributed by atoms with E-state index in [2.05, 4.69) is 19.6 Å². The lowest BCUT2D eigenvalue weighted by Crippen LogP contribution is -2.38. The minimum Gasteiger partial charge on any atom is -0.343 e. The van der Waals surface area contributed by atoms with Crippen LogP contribution >= 0.6 is 12.6 Å². The van der Waals surface area contributed by atoms with Gasteiger partial charge in [0.1, 0.15) is 0 Å². The number of likely N-dealkylation sites (tertiary alicyclic amines) is 1. The lowest BCUT2D eigenvalue weighted by atomic mass is 9.92. The van der Waals surface area contributed by atoms with Crippen LogP contribution in [0.2, 0.25) is 0 Å². The Morgan fingerprint density at radius 2 is 2.07 bits per heavy atom. The van der Waals surface area contributed by atoms with Gasteiger partial charge < -0.3 is 4.90 Å². The Morgan fingerprint density at radius 3 is 2.57 bits per heavy atom. The normalized spacial score (nSPS) is 18.6. The van der Waals surface area contributed by atoms with Crippen molar-refractivity contribution in [3.8, 4) is 0 Å². The highest BCUT2D eigenvalue weighted by Crippen LogP contribution is 2.21. The quantitative estimate of drug-likeness (QED) is 0.714. The molecule has 0 unspecified atom stereocenters. The Morgan fingerprint density at radius 1 is 1.43 bits per heavy atom. The third kappa shape index (κ3) is 3.52. The van der Waals surface area contributed by atoms with Crippen molar-refractivity contribution < 1.29 is 4.79 Å². The molecule has 0 aromatic carbocycles. The predicted molar refractivity (Wildman–Crippen MR) is 62.7 cm³/mol. The molecule has 0 radical (unpaired) electrons. The maximum Gasteiger partial charge on any atom is 0.223 e. The first-order chi connectivity index (χ1) is 6.77. The molecule has 1 aliphatic heterocycles. The van der Waals surface area contributed by atoms with Gasteiger partial charge in [-0.05, 0) is 24.5 Å². The molecule has 0 aromatic heterocycles. The average molecular weight is 215 g/mol. The van der Waals surface area contributed by atoms with E-state index in [1.54, 1.807) is 0 Å². The lowest BCUT2D eigenvalue weighted by Gasteiger charge is -2.31. The molecule has 1 aliphatic rings. The standard InChI is InChI=1S/C11H21NOS/c1-2-3-10-4-7-12(8-5-10)11(13)6-9-14/h10,14H,2-9H2,1H3. The molecule has 0 bridgehead atoms. The fraction of sp³-hybridized carbons (Fsp3) is 0.909. The van der Waals surface area contributed by atoms with E-state index in [4.69, 9.17) is 0 Å². The highest BCUT2D eigenvalue weighted by Gasteiger charge is 2.21. The molecule has 1 rings (SSSR count). The van der Waals surface area contributed by atoms with Crippen molar-refractivity contribution in [2.45, 2.75) is 39.0 Å². The molecule has 1 amide bonds. The number of carbonyl (C=O) groups excluding carboxylic acids is 1. The summed E-state index contributed by atoms with van der Waals surface area (Å²) in [7, 11) is 0. The van der Waals surface area contributed by atoms with Gasteiger partial charge in [-0.1, -0.05) is 19.8 Å². The molecule has 1 heterocycles. The SMILES string of the molecule is CCCC1CCN(C(=O)CCS)CC1. The molecule has 0 aromatic rings. The van der Waals surface area contributed by atoms with Gasteiger partial charge in [-0.15, -0.1) is 0 Å². The predicted octanol–water partition coefficient (Wildman–Crippen LogP) is 2.35. The summed E-state index contributed by atoms with van der Waals surface area (Å²) in [5.74, 6) is 1.82. The van der Waals surface area contributed by atoms with Gasteiger partial charge in [0.15, 0.2) is 0 Å². The number of rotatable bonds is 4. The van der Waals surface area contributed by atoms with Gasteiger partial charge in [0, 0.05) is 19.5 Å². The van der Waals surface area contributed by atoms with Crippen LogP contribution in [-0.4, -0.2) is 29.6 Å². The topological polar surface area (TPSA) is 20.3 Å². The van der Waals surface area contributed by atoms with Crippen LogP contribution < -0.4 is 0 Å². The zero-order chi connectivity index (χ0) is 10.4. The second kappa shape index (κ2) is 6.33. The van der Waals surface area contributed by atoms with Crippen molar-refractivity contribution in [3.63, 3.8) is 0 Å². The molecule has 82 valence electrons. The van der Waals surface area contributed by atoms with E-state index in [0.29, 0.717) is 12.2 Å². The first-order valence-electron chi connectivity index (χ1n) is 5.66. The van der Waals surface area contributed by atoms with Crippen molar-refractivity contribution >= 4 is 18.5 Å². The number of nitrogens with zero attached hydrogens (tertiary/aromatic N) is 1. The van der Waals surface area contributed by atoms with E-state index in [9.17, 15) is 4.79 Å². The minimum atomic E-state index is 0.287. The maximum absolute atomic E-state index is 11.5. The summed E-state index contributed by atoms with van der Waals surface area (Å²) in [5, 5.41) is 0. The van der Waals surface area contributed by atoms with E-state index < -0.39 is 0 Å². The van der Waals surface area contributed by atoms with Gasteiger partial charge in [0.25, 0.3) is 0 Å². The molecule has 14 heavy (non-hydrogen) atoms. The van der Waals surface area contributed by atoms with Crippen LogP contribution in [0.3, 0.4) is 0 Å². The van der Waals surface area contributed by atoms with E-state index in [0.717, 1.165) is 19.0 Å². The summed E-state index contributed by atoms with van der Waals surface area (Å²) in [5.41, 5.74) is 0. The van der Waals surface area contributed by atoms with E-state index >= 15 is 0 Å². The second-order valence-electron chi connectivity index (χ2n) is 4.09. The summed E-state index contributed by atoms with van der Waals surface area (Å²) >= 11 is 4.08. The third-order valence-corrected chi connectivity index (χ3v) is 3.21. The van der Waals surface area contributed by atoms with E-state index in [1.165, 1.54) is 25.7 Å². The number of piperidine rings is 1. The highest BCUT2D eigenvalue weighted by atomic mass is 32.1. The summed E-state index contributed by atoms with van der Waals surface area (Å²) in [4.78, 5) is 13.5. The number of carbonyl (C=O) groups is 1. The first kappa shape index (κ1) is 11.9. The summed E-state index contributed by atoms with van der Waals surface area (Å²) < 4.78 is 0. The summed E-state index contributed by atoms with van der Waals surface area (Å²) in [6.45, 7) is 4.17. The van der Waals surface area contributed by atoms with Crippen molar-refractivity contribution in [3.05, 3.63) is 0 Å². The van der Waals surface area contributed by atoms with Gasteiger partial charge in [-0.2, -0.15) is 12.6 Å². The third-order valence-electron chi connectivity index (χ3n) is 2.99. The molecule has 2 nitrogen and oxygen atoms in total. The highest BCUT2D eigenvalue weighted by molar-refractivity contribution is 7.80. The second-order valence-corrected chi connectivity index (χ2v) is 4.53. The molecule has 0 spiro atoms. The van der Waals surface area contributed by atoms with Gasteiger partial charge in [0.2, 0.25) is 5.91 Å². The number of thiol groups is 1. The zero-order valence-corrected chi connectivity index (χ0v) is 9.93. The molecule has 1 saturated heterocycles. The monoisotopic (exact) mass is 215 g/mol. The van der Waals surface area contributed by atoms with Crippen LogP contribution in [0.1, 0.15) is 39.0 Å². The van der Waals surface area contributed by atoms with E-state index in [1.807, 2.05) is 4.90 Å². The number of hydrogen-bond donors (Lipinski definition) is 1. The van der Waals surface area contributed by atoms with Crippen molar-refractivity contribution in [1.82, 2.24) is 4.90 Å². The average Bonchev–Trinajstić information content (AvgIpc) is 2.20. The zero-order valence-electron chi connectivity index (χ0n) is 9.04. The molecule has 0 saturated carbocycles. The van der Waals surface area contributed by atoms with Gasteiger partial charge in [-0.3, -0.25) is 4.79 Å². The van der Waals surface area contributed by atoms with Crippen LogP contribution in [0.15, 0.2) is 0 Å². The van der Waals surface area contributed by atoms with Gasteiger partial charge in [0.05, 0.1) is 0 Å². The van der Waals surface area contributed by atoms with Crippen LogP contribution in [0.5, 0.6) is 0 Å². The molecular weight excluding hydrogens is 194 g/mol. The van der Waals surface area contributed by atoms with Crippen molar-refractivity contribution in [2.24, 2.45) is 5.92 Å². The maximum atomic E-state index is 11.5. The van der Waals surface area contributed by atoms with Crippen LogP contribution in [0, 0.1) is 5.92 Å². The van der Waals surface area contributed by atoms with Crippen LogP contribution in [0.4, 0.5) is 0 Å². The molecular formula is C11H21NOS. The fourth-order valence-electron chi connectivity index (χ4n) is 2.13. The molecule has 3 heteroatoms. The molecule has 1 fully saturated rings. The molecule has 0 atom stereocenters. The van der Waals surface area contributed by atoms with Crippen LogP contribution in [-0.2, 0) is 4.79 Å². The Kier molecular flexibility index (Phi) is 5.38. The van der Waals surface area contributed by atoms with Crippen LogP contribution in [0.25, 0.3) is 0 Å². The Hall–Kier alpha value is -0.180. The minimum absolute atomic E-state index is 0.287. The summed E-state index contributed by atoms with van der Waals surface area (Å²) in [6.07, 6.45) is 5.60. The number of amides is 1. The fourth-order valence-corrected chi connectivity index (χ4v) is 2.32. The van der Waals surface area contributed by atoms with Gasteiger partial charge >= 0.3 is 0 Å². The Balaban J connectivity index is 2.24. The Bertz CT molecular complexity index is 176. The largest absolute Gasteiger partial charge is 0.343 e. The van der Waals surface area contributed by atoms with Gasteiger partial charge in [-0.25, -0.2) is 0 Å². The number of hydrogen-bond acceptors (Lipinski definition) is 2. The lowest BCUT2D eigenvalue weighted by molar-refractivity contribution is -0.132. The van der Waals surface area contributed by atoms with E-state index in [-0.39, 0.29) is 5.91 Å². The smallest absolute Gasteiger partial charge is 0.223 e. The van der Waals surface area contributed by atoms with Crippen molar-refractivity contribution in [2.75, 3.05) is 18.8 Å².